The summed E-state index contributed by atoms with van der Waals surface area (Å²) in [6.45, 7) is 0.981. The molecule has 2 amide bonds. The van der Waals surface area contributed by atoms with Gasteiger partial charge in [-0.15, -0.1) is 23.2 Å². The molecule has 1 saturated heterocycles. The standard InChI is InChI=1S/C24H20Cl6N2O4/c1-36-10-19(34)32-8-11(9-32)4-18(33)14-7-13(2-3-15(14)25)31-23(35)21-20(24(21,29)30)12-5-16(26)22(28)17(27)6-12/h2-3,5-7,11,20-21H,4,8-10H2,1H3,(H,31,35). The van der Waals surface area contributed by atoms with E-state index >= 15 is 0 Å². The van der Waals surface area contributed by atoms with Crippen LogP contribution in [0.3, 0.4) is 0 Å². The van der Waals surface area contributed by atoms with Gasteiger partial charge in [0.15, 0.2) is 5.78 Å². The summed E-state index contributed by atoms with van der Waals surface area (Å²) in [6, 6.07) is 7.81. The molecule has 1 heterocycles. The van der Waals surface area contributed by atoms with Crippen molar-refractivity contribution in [3.63, 3.8) is 0 Å². The van der Waals surface area contributed by atoms with Gasteiger partial charge in [-0.1, -0.05) is 46.4 Å². The number of Topliss-reactive ketones (excluding diaryl/α,β-unsaturated/α-hetero) is 1. The maximum absolute atomic E-state index is 13.0. The lowest BCUT2D eigenvalue weighted by Crippen LogP contribution is -2.51. The zero-order chi connectivity index (χ0) is 26.4. The van der Waals surface area contributed by atoms with Crippen molar-refractivity contribution < 1.29 is 19.1 Å². The summed E-state index contributed by atoms with van der Waals surface area (Å²) in [6.07, 6.45) is 0.225. The summed E-state index contributed by atoms with van der Waals surface area (Å²) < 4.78 is 3.47. The van der Waals surface area contributed by atoms with Crippen molar-refractivity contribution >= 4 is 92.9 Å². The highest BCUT2D eigenvalue weighted by Gasteiger charge is 2.67. The van der Waals surface area contributed by atoms with E-state index in [-0.39, 0.29) is 56.3 Å². The second kappa shape index (κ2) is 10.9. The van der Waals surface area contributed by atoms with Crippen molar-refractivity contribution in [3.05, 3.63) is 61.5 Å². The quantitative estimate of drug-likeness (QED) is 0.210. The van der Waals surface area contributed by atoms with E-state index in [2.05, 4.69) is 5.32 Å². The smallest absolute Gasteiger partial charge is 0.248 e. The van der Waals surface area contributed by atoms with E-state index in [1.54, 1.807) is 23.1 Å². The summed E-state index contributed by atoms with van der Waals surface area (Å²) in [4.78, 5) is 39.4. The molecular formula is C24H20Cl6N2O4. The first-order valence-corrected chi connectivity index (χ1v) is 13.1. The summed E-state index contributed by atoms with van der Waals surface area (Å²) in [7, 11) is 1.46. The highest BCUT2D eigenvalue weighted by molar-refractivity contribution is 6.54. The molecule has 0 radical (unpaired) electrons. The van der Waals surface area contributed by atoms with Crippen LogP contribution in [0.25, 0.3) is 0 Å². The van der Waals surface area contributed by atoms with E-state index in [1.165, 1.54) is 19.2 Å². The fourth-order valence-electron chi connectivity index (χ4n) is 4.35. The molecule has 0 bridgehead atoms. The van der Waals surface area contributed by atoms with Gasteiger partial charge in [0.05, 0.1) is 26.0 Å². The Kier molecular flexibility index (Phi) is 8.37. The number of carbonyl (C=O) groups excluding carboxylic acids is 3. The number of amides is 2. The van der Waals surface area contributed by atoms with Crippen LogP contribution >= 0.6 is 69.6 Å². The van der Waals surface area contributed by atoms with E-state index in [1.807, 2.05) is 0 Å². The van der Waals surface area contributed by atoms with Crippen LogP contribution in [0.1, 0.15) is 28.3 Å². The largest absolute Gasteiger partial charge is 0.375 e. The third kappa shape index (κ3) is 5.60. The second-order valence-electron chi connectivity index (χ2n) is 8.84. The van der Waals surface area contributed by atoms with Gasteiger partial charge in [-0.25, -0.2) is 0 Å². The minimum atomic E-state index is -1.37. The molecule has 2 fully saturated rings. The molecule has 2 unspecified atom stereocenters. The van der Waals surface area contributed by atoms with Crippen molar-refractivity contribution in [1.29, 1.82) is 0 Å². The minimum Gasteiger partial charge on any atom is -0.375 e. The molecule has 4 rings (SSSR count). The molecule has 0 spiro atoms. The predicted octanol–water partition coefficient (Wildman–Crippen LogP) is 6.50. The first kappa shape index (κ1) is 27.8. The molecule has 1 saturated carbocycles. The zero-order valence-electron chi connectivity index (χ0n) is 18.8. The van der Waals surface area contributed by atoms with Gasteiger partial charge >= 0.3 is 0 Å². The first-order chi connectivity index (χ1) is 16.9. The Balaban J connectivity index is 1.41. The van der Waals surface area contributed by atoms with Crippen molar-refractivity contribution in [1.82, 2.24) is 4.90 Å². The van der Waals surface area contributed by atoms with Crippen LogP contribution in [0.5, 0.6) is 0 Å². The molecule has 1 N–H and O–H groups in total. The van der Waals surface area contributed by atoms with Crippen molar-refractivity contribution in [2.24, 2.45) is 11.8 Å². The molecule has 36 heavy (non-hydrogen) atoms. The highest BCUT2D eigenvalue weighted by Crippen LogP contribution is 2.65. The molecule has 192 valence electrons. The van der Waals surface area contributed by atoms with Crippen LogP contribution in [-0.4, -0.2) is 53.6 Å². The van der Waals surface area contributed by atoms with Crippen molar-refractivity contribution in [2.75, 3.05) is 32.1 Å². The molecule has 2 aliphatic rings. The molecule has 1 aliphatic heterocycles. The van der Waals surface area contributed by atoms with Crippen molar-refractivity contribution in [2.45, 2.75) is 16.7 Å². The average molecular weight is 613 g/mol. The Morgan fingerprint density at radius 2 is 1.67 bits per heavy atom. The Morgan fingerprint density at radius 1 is 1.03 bits per heavy atom. The SMILES string of the molecule is COCC(=O)N1CC(CC(=O)c2cc(NC(=O)C3C(c4cc(Cl)c(Cl)c(Cl)c4)C3(Cl)Cl)ccc2Cl)C1. The number of nitrogens with one attached hydrogen (secondary N) is 1. The van der Waals surface area contributed by atoms with Crippen LogP contribution in [0.15, 0.2) is 30.3 Å². The van der Waals surface area contributed by atoms with E-state index in [9.17, 15) is 14.4 Å². The van der Waals surface area contributed by atoms with E-state index in [0.717, 1.165) is 0 Å². The summed E-state index contributed by atoms with van der Waals surface area (Å²) in [5.74, 6) is -2.03. The van der Waals surface area contributed by atoms with Gasteiger partial charge in [-0.2, -0.15) is 0 Å². The molecule has 2 aromatic rings. The lowest BCUT2D eigenvalue weighted by atomic mass is 9.91. The number of halogens is 6. The van der Waals surface area contributed by atoms with Crippen molar-refractivity contribution in [3.8, 4) is 0 Å². The topological polar surface area (TPSA) is 75.7 Å². The number of methoxy groups -OCH3 is 1. The number of rotatable bonds is 8. The number of anilines is 1. The summed E-state index contributed by atoms with van der Waals surface area (Å²) in [5.41, 5.74) is 1.24. The van der Waals surface area contributed by atoms with Crippen LogP contribution < -0.4 is 5.32 Å². The Morgan fingerprint density at radius 3 is 2.28 bits per heavy atom. The Bertz CT molecular complexity index is 1210. The molecule has 12 heteroatoms. The zero-order valence-corrected chi connectivity index (χ0v) is 23.3. The normalized spacial score (nSPS) is 20.6. The van der Waals surface area contributed by atoms with Gasteiger partial charge < -0.3 is 15.0 Å². The van der Waals surface area contributed by atoms with Gasteiger partial charge in [0.2, 0.25) is 11.8 Å². The molecule has 1 aliphatic carbocycles. The minimum absolute atomic E-state index is 0.0140. The first-order valence-electron chi connectivity index (χ1n) is 10.9. The van der Waals surface area contributed by atoms with Gasteiger partial charge in [0, 0.05) is 49.7 Å². The second-order valence-corrected chi connectivity index (χ2v) is 11.9. The predicted molar refractivity (Wildman–Crippen MR) is 143 cm³/mol. The third-order valence-corrected chi connectivity index (χ3v) is 8.75. The molecule has 2 aromatic carbocycles. The van der Waals surface area contributed by atoms with Crippen LogP contribution in [0.2, 0.25) is 20.1 Å². The van der Waals surface area contributed by atoms with E-state index < -0.39 is 22.1 Å². The number of hydrogen-bond donors (Lipinski definition) is 1. The lowest BCUT2D eigenvalue weighted by molar-refractivity contribution is -0.141. The number of hydrogen-bond acceptors (Lipinski definition) is 4. The van der Waals surface area contributed by atoms with E-state index in [0.29, 0.717) is 24.3 Å². The Hall–Kier alpha value is -1.25. The summed E-state index contributed by atoms with van der Waals surface area (Å²) >= 11 is 37.4. The van der Waals surface area contributed by atoms with Crippen LogP contribution in [0, 0.1) is 11.8 Å². The number of nitrogens with zero attached hydrogens (tertiary/aromatic N) is 1. The van der Waals surface area contributed by atoms with Crippen LogP contribution in [0.4, 0.5) is 5.69 Å². The third-order valence-electron chi connectivity index (χ3n) is 6.29. The maximum atomic E-state index is 13.0. The number of carbonyl (C=O) groups is 3. The monoisotopic (exact) mass is 610 g/mol. The van der Waals surface area contributed by atoms with E-state index in [4.69, 9.17) is 74.3 Å². The Labute approximate surface area is 238 Å². The van der Waals surface area contributed by atoms with Gasteiger partial charge in [0.25, 0.3) is 0 Å². The number of likely N-dealkylation sites (tertiary alicyclic amines) is 1. The number of ketones is 1. The van der Waals surface area contributed by atoms with Gasteiger partial charge in [-0.05, 0) is 35.9 Å². The molecule has 6 nitrogen and oxygen atoms in total. The molecule has 2 atom stereocenters. The lowest BCUT2D eigenvalue weighted by Gasteiger charge is -2.39. The maximum Gasteiger partial charge on any atom is 0.248 e. The van der Waals surface area contributed by atoms with Gasteiger partial charge in [-0.3, -0.25) is 14.4 Å². The van der Waals surface area contributed by atoms with Crippen LogP contribution in [-0.2, 0) is 14.3 Å². The fraction of sp³-hybridized carbons (Fsp3) is 0.375. The van der Waals surface area contributed by atoms with Gasteiger partial charge in [0.1, 0.15) is 10.9 Å². The highest BCUT2D eigenvalue weighted by atomic mass is 35.5. The fourth-order valence-corrected chi connectivity index (χ4v) is 6.01. The number of alkyl halides is 2. The number of benzene rings is 2. The summed E-state index contributed by atoms with van der Waals surface area (Å²) in [5, 5.41) is 3.69. The number of ether oxygens (including phenoxy) is 1. The molecular weight excluding hydrogens is 593 g/mol. The molecule has 0 aromatic heterocycles. The average Bonchev–Trinajstić information content (AvgIpc) is 3.37.